The Hall–Kier alpha value is -1.65. The minimum atomic E-state index is -0.343. The fourth-order valence-corrected chi connectivity index (χ4v) is 2.02. The predicted octanol–water partition coefficient (Wildman–Crippen LogP) is 3.90. The van der Waals surface area contributed by atoms with Gasteiger partial charge < -0.3 is 14.6 Å². The number of hydrogen-bond acceptors (Lipinski definition) is 3. The molecular formula is C13H12Cl2N2O2. The standard InChI is InChI=1S/C13H12Cl2N2O2/c1-17(2)11-4-3-8(14)7-10(11)16-13(18)9-5-6-19-12(9)15/h3-7H,1-2H3,(H,16,18). The summed E-state index contributed by atoms with van der Waals surface area (Å²) in [6.07, 6.45) is 1.36. The SMILES string of the molecule is CN(C)c1ccc(Cl)cc1NC(=O)c1ccoc1Cl. The van der Waals surface area contributed by atoms with Crippen molar-refractivity contribution in [1.82, 2.24) is 0 Å². The van der Waals surface area contributed by atoms with E-state index in [1.165, 1.54) is 12.3 Å². The van der Waals surface area contributed by atoms with E-state index < -0.39 is 0 Å². The molecule has 0 aliphatic rings. The van der Waals surface area contributed by atoms with Gasteiger partial charge in [-0.3, -0.25) is 4.79 Å². The maximum Gasteiger partial charge on any atom is 0.260 e. The van der Waals surface area contributed by atoms with Crippen molar-refractivity contribution in [1.29, 1.82) is 0 Å². The first-order valence-electron chi connectivity index (χ1n) is 5.50. The fourth-order valence-electron chi connectivity index (χ4n) is 1.64. The van der Waals surface area contributed by atoms with Crippen LogP contribution >= 0.6 is 23.2 Å². The molecule has 19 heavy (non-hydrogen) atoms. The summed E-state index contributed by atoms with van der Waals surface area (Å²) in [6.45, 7) is 0. The number of hydrogen-bond donors (Lipinski definition) is 1. The van der Waals surface area contributed by atoms with Gasteiger partial charge in [0.1, 0.15) is 0 Å². The van der Waals surface area contributed by atoms with Crippen LogP contribution in [0.15, 0.2) is 34.9 Å². The van der Waals surface area contributed by atoms with Crippen molar-refractivity contribution in [2.75, 3.05) is 24.3 Å². The van der Waals surface area contributed by atoms with E-state index in [1.54, 1.807) is 12.1 Å². The maximum atomic E-state index is 12.1. The first kappa shape index (κ1) is 13.8. The molecule has 0 fully saturated rings. The fraction of sp³-hybridized carbons (Fsp3) is 0.154. The van der Waals surface area contributed by atoms with Gasteiger partial charge in [0.25, 0.3) is 5.91 Å². The van der Waals surface area contributed by atoms with Crippen molar-refractivity contribution in [3.05, 3.63) is 46.3 Å². The molecule has 4 nitrogen and oxygen atoms in total. The first-order valence-corrected chi connectivity index (χ1v) is 6.26. The van der Waals surface area contributed by atoms with Gasteiger partial charge in [0.15, 0.2) is 0 Å². The minimum absolute atomic E-state index is 0.0610. The lowest BCUT2D eigenvalue weighted by molar-refractivity contribution is 0.102. The topological polar surface area (TPSA) is 45.5 Å². The highest BCUT2D eigenvalue weighted by Gasteiger charge is 2.15. The molecule has 0 aliphatic heterocycles. The molecule has 2 aromatic rings. The molecule has 0 unspecified atom stereocenters. The lowest BCUT2D eigenvalue weighted by Crippen LogP contribution is -2.16. The summed E-state index contributed by atoms with van der Waals surface area (Å²) < 4.78 is 4.89. The number of amides is 1. The number of halogens is 2. The quantitative estimate of drug-likeness (QED) is 0.934. The Bertz CT molecular complexity index is 608. The van der Waals surface area contributed by atoms with Crippen LogP contribution in [0.1, 0.15) is 10.4 Å². The number of carbonyl (C=O) groups excluding carboxylic acids is 1. The zero-order valence-corrected chi connectivity index (χ0v) is 11.9. The van der Waals surface area contributed by atoms with Gasteiger partial charge in [0.2, 0.25) is 5.22 Å². The van der Waals surface area contributed by atoms with Crippen molar-refractivity contribution in [3.63, 3.8) is 0 Å². The molecule has 1 aromatic carbocycles. The molecule has 0 atom stereocenters. The third-order valence-corrected chi connectivity index (χ3v) is 3.08. The van der Waals surface area contributed by atoms with Crippen molar-refractivity contribution in [2.24, 2.45) is 0 Å². The van der Waals surface area contributed by atoms with Gasteiger partial charge in [-0.15, -0.1) is 0 Å². The zero-order chi connectivity index (χ0) is 14.0. The number of nitrogens with zero attached hydrogens (tertiary/aromatic N) is 1. The monoisotopic (exact) mass is 298 g/mol. The third kappa shape index (κ3) is 3.03. The summed E-state index contributed by atoms with van der Waals surface area (Å²) in [5.74, 6) is -0.343. The predicted molar refractivity (Wildman–Crippen MR) is 77.5 cm³/mol. The third-order valence-electron chi connectivity index (χ3n) is 2.55. The summed E-state index contributed by atoms with van der Waals surface area (Å²) in [4.78, 5) is 13.9. The number of nitrogens with one attached hydrogen (secondary N) is 1. The van der Waals surface area contributed by atoms with Crippen LogP contribution in [-0.4, -0.2) is 20.0 Å². The summed E-state index contributed by atoms with van der Waals surface area (Å²) in [6, 6.07) is 6.78. The lowest BCUT2D eigenvalue weighted by Gasteiger charge is -2.18. The Balaban J connectivity index is 2.31. The van der Waals surface area contributed by atoms with E-state index in [2.05, 4.69) is 5.32 Å². The first-order chi connectivity index (χ1) is 8.99. The van der Waals surface area contributed by atoms with Crippen LogP contribution in [0.5, 0.6) is 0 Å². The van der Waals surface area contributed by atoms with Crippen LogP contribution in [0.2, 0.25) is 10.2 Å². The number of furan rings is 1. The highest BCUT2D eigenvalue weighted by molar-refractivity contribution is 6.33. The summed E-state index contributed by atoms with van der Waals surface area (Å²) >= 11 is 11.7. The molecule has 100 valence electrons. The minimum Gasteiger partial charge on any atom is -0.452 e. The molecule has 1 aromatic heterocycles. The van der Waals surface area contributed by atoms with Gasteiger partial charge in [-0.25, -0.2) is 0 Å². The molecule has 1 N–H and O–H groups in total. The highest BCUT2D eigenvalue weighted by atomic mass is 35.5. The van der Waals surface area contributed by atoms with Crippen molar-refractivity contribution in [2.45, 2.75) is 0 Å². The summed E-state index contributed by atoms with van der Waals surface area (Å²) in [5, 5.41) is 3.37. The molecule has 1 heterocycles. The van der Waals surface area contributed by atoms with E-state index in [9.17, 15) is 4.79 Å². The van der Waals surface area contributed by atoms with Crippen LogP contribution in [-0.2, 0) is 0 Å². The van der Waals surface area contributed by atoms with E-state index in [1.807, 2.05) is 25.1 Å². The summed E-state index contributed by atoms with van der Waals surface area (Å²) in [7, 11) is 3.76. The van der Waals surface area contributed by atoms with Crippen LogP contribution in [0, 0.1) is 0 Å². The normalized spacial score (nSPS) is 10.3. The van der Waals surface area contributed by atoms with Crippen LogP contribution < -0.4 is 10.2 Å². The Kier molecular flexibility index (Phi) is 4.02. The average Bonchev–Trinajstić information content (AvgIpc) is 2.75. The Morgan fingerprint density at radius 2 is 2.00 bits per heavy atom. The van der Waals surface area contributed by atoms with Crippen LogP contribution in [0.25, 0.3) is 0 Å². The molecule has 0 radical (unpaired) electrons. The van der Waals surface area contributed by atoms with E-state index in [0.717, 1.165) is 5.69 Å². The van der Waals surface area contributed by atoms with E-state index in [-0.39, 0.29) is 16.7 Å². The molecule has 1 amide bonds. The Labute approximate surface area is 120 Å². The van der Waals surface area contributed by atoms with Crippen LogP contribution in [0.4, 0.5) is 11.4 Å². The molecule has 0 bridgehead atoms. The van der Waals surface area contributed by atoms with Gasteiger partial charge in [-0.05, 0) is 35.9 Å². The van der Waals surface area contributed by atoms with E-state index >= 15 is 0 Å². The number of carbonyl (C=O) groups is 1. The zero-order valence-electron chi connectivity index (χ0n) is 10.4. The van der Waals surface area contributed by atoms with Gasteiger partial charge in [0.05, 0.1) is 23.2 Å². The van der Waals surface area contributed by atoms with Gasteiger partial charge in [-0.1, -0.05) is 11.6 Å². The lowest BCUT2D eigenvalue weighted by atomic mass is 10.2. The Morgan fingerprint density at radius 1 is 1.26 bits per heavy atom. The molecule has 2 rings (SSSR count). The second kappa shape index (κ2) is 5.55. The smallest absolute Gasteiger partial charge is 0.260 e. The van der Waals surface area contributed by atoms with E-state index in [4.69, 9.17) is 27.6 Å². The molecular weight excluding hydrogens is 287 g/mol. The molecule has 0 spiro atoms. The highest BCUT2D eigenvalue weighted by Crippen LogP contribution is 2.29. The molecule has 6 heteroatoms. The van der Waals surface area contributed by atoms with Crippen molar-refractivity contribution >= 4 is 40.5 Å². The second-order valence-corrected chi connectivity index (χ2v) is 4.90. The largest absolute Gasteiger partial charge is 0.452 e. The average molecular weight is 299 g/mol. The Morgan fingerprint density at radius 3 is 2.58 bits per heavy atom. The number of benzene rings is 1. The number of rotatable bonds is 3. The van der Waals surface area contributed by atoms with E-state index in [0.29, 0.717) is 10.7 Å². The molecule has 0 saturated carbocycles. The second-order valence-electron chi connectivity index (χ2n) is 4.12. The van der Waals surface area contributed by atoms with Crippen LogP contribution in [0.3, 0.4) is 0 Å². The van der Waals surface area contributed by atoms with Crippen molar-refractivity contribution < 1.29 is 9.21 Å². The van der Waals surface area contributed by atoms with Gasteiger partial charge in [-0.2, -0.15) is 0 Å². The maximum absolute atomic E-state index is 12.1. The van der Waals surface area contributed by atoms with Gasteiger partial charge in [0, 0.05) is 19.1 Å². The molecule has 0 aliphatic carbocycles. The van der Waals surface area contributed by atoms with Gasteiger partial charge >= 0.3 is 0 Å². The van der Waals surface area contributed by atoms with Crippen molar-refractivity contribution in [3.8, 4) is 0 Å². The summed E-state index contributed by atoms with van der Waals surface area (Å²) in [5.41, 5.74) is 1.74. The number of anilines is 2. The molecule has 0 saturated heterocycles.